The molecule has 2 heterocycles. The van der Waals surface area contributed by atoms with Crippen LogP contribution in [0.25, 0.3) is 0 Å². The van der Waals surface area contributed by atoms with Crippen molar-refractivity contribution in [2.45, 2.75) is 26.4 Å². The van der Waals surface area contributed by atoms with Crippen LogP contribution in [0, 0.1) is 0 Å². The van der Waals surface area contributed by atoms with E-state index < -0.39 is 0 Å². The molecule has 1 fully saturated rings. The number of hydrogen-bond donors (Lipinski definition) is 2. The van der Waals surface area contributed by atoms with Crippen molar-refractivity contribution in [1.82, 2.24) is 24.6 Å². The second kappa shape index (κ2) is 7.20. The van der Waals surface area contributed by atoms with Crippen molar-refractivity contribution in [3.05, 3.63) is 12.2 Å². The van der Waals surface area contributed by atoms with Gasteiger partial charge in [0.05, 0.1) is 13.1 Å². The summed E-state index contributed by atoms with van der Waals surface area (Å²) in [7, 11) is 0. The SMILES string of the molecule is CCCn1ncnc1CN1CCN(CC(N)=NO)CC1. The summed E-state index contributed by atoms with van der Waals surface area (Å²) >= 11 is 0. The molecule has 2 rings (SSSR count). The number of nitrogens with zero attached hydrogens (tertiary/aromatic N) is 6. The third-order valence-electron chi connectivity index (χ3n) is 3.48. The highest BCUT2D eigenvalue weighted by Gasteiger charge is 2.19. The molecule has 0 unspecified atom stereocenters. The Bertz CT molecular complexity index is 437. The third kappa shape index (κ3) is 3.91. The lowest BCUT2D eigenvalue weighted by Crippen LogP contribution is -2.48. The average Bonchev–Trinajstić information content (AvgIpc) is 2.88. The van der Waals surface area contributed by atoms with Gasteiger partial charge < -0.3 is 10.9 Å². The first kappa shape index (κ1) is 14.7. The van der Waals surface area contributed by atoms with Gasteiger partial charge in [0.1, 0.15) is 12.2 Å². The standard InChI is InChI=1S/C12H23N7O/c1-2-3-19-12(14-10-15-19)9-18-6-4-17(5-7-18)8-11(13)16-20/h10,20H,2-9H2,1H3,(H2,13,16). The van der Waals surface area contributed by atoms with E-state index in [0.717, 1.165) is 51.5 Å². The molecule has 3 N–H and O–H groups in total. The smallest absolute Gasteiger partial charge is 0.153 e. The van der Waals surface area contributed by atoms with Gasteiger partial charge in [0.2, 0.25) is 0 Å². The Morgan fingerprint density at radius 1 is 1.35 bits per heavy atom. The fourth-order valence-corrected chi connectivity index (χ4v) is 2.38. The number of aryl methyl sites for hydroxylation is 1. The van der Waals surface area contributed by atoms with Crippen molar-refractivity contribution in [2.24, 2.45) is 10.9 Å². The second-order valence-corrected chi connectivity index (χ2v) is 5.04. The molecule has 0 bridgehead atoms. The molecule has 0 aliphatic carbocycles. The van der Waals surface area contributed by atoms with E-state index in [4.69, 9.17) is 10.9 Å². The van der Waals surface area contributed by atoms with Gasteiger partial charge in [0, 0.05) is 32.7 Å². The van der Waals surface area contributed by atoms with Crippen LogP contribution in [0.5, 0.6) is 0 Å². The van der Waals surface area contributed by atoms with Crippen LogP contribution < -0.4 is 5.73 Å². The molecule has 1 aliphatic rings. The summed E-state index contributed by atoms with van der Waals surface area (Å²) in [5.41, 5.74) is 5.52. The molecular weight excluding hydrogens is 258 g/mol. The molecule has 0 spiro atoms. The zero-order valence-electron chi connectivity index (χ0n) is 11.9. The van der Waals surface area contributed by atoms with Crippen molar-refractivity contribution >= 4 is 5.84 Å². The molecule has 1 aromatic heterocycles. The van der Waals surface area contributed by atoms with Crippen molar-refractivity contribution in [3.8, 4) is 0 Å². The molecule has 8 nitrogen and oxygen atoms in total. The Morgan fingerprint density at radius 3 is 2.70 bits per heavy atom. The minimum absolute atomic E-state index is 0.265. The van der Waals surface area contributed by atoms with E-state index in [-0.39, 0.29) is 5.84 Å². The Balaban J connectivity index is 1.80. The Morgan fingerprint density at radius 2 is 2.05 bits per heavy atom. The Labute approximate surface area is 118 Å². The first-order valence-corrected chi connectivity index (χ1v) is 7.00. The summed E-state index contributed by atoms with van der Waals surface area (Å²) in [6, 6.07) is 0. The van der Waals surface area contributed by atoms with Crippen LogP contribution in [0.1, 0.15) is 19.2 Å². The number of oxime groups is 1. The molecule has 0 saturated carbocycles. The minimum atomic E-state index is 0.265. The van der Waals surface area contributed by atoms with E-state index in [1.807, 2.05) is 4.68 Å². The summed E-state index contributed by atoms with van der Waals surface area (Å²) in [4.78, 5) is 8.88. The topological polar surface area (TPSA) is 95.8 Å². The van der Waals surface area contributed by atoms with Crippen LogP contribution in [-0.2, 0) is 13.1 Å². The summed E-state index contributed by atoms with van der Waals surface area (Å²) < 4.78 is 1.97. The minimum Gasteiger partial charge on any atom is -0.409 e. The lowest BCUT2D eigenvalue weighted by atomic mass is 10.3. The second-order valence-electron chi connectivity index (χ2n) is 5.04. The Kier molecular flexibility index (Phi) is 5.31. The van der Waals surface area contributed by atoms with E-state index >= 15 is 0 Å². The highest BCUT2D eigenvalue weighted by atomic mass is 16.4. The first-order valence-electron chi connectivity index (χ1n) is 7.00. The van der Waals surface area contributed by atoms with Crippen LogP contribution in [0.15, 0.2) is 11.5 Å². The fourth-order valence-electron chi connectivity index (χ4n) is 2.38. The highest BCUT2D eigenvalue weighted by Crippen LogP contribution is 2.07. The maximum Gasteiger partial charge on any atom is 0.153 e. The number of amidine groups is 1. The molecule has 112 valence electrons. The van der Waals surface area contributed by atoms with E-state index in [2.05, 4.69) is 32.0 Å². The maximum absolute atomic E-state index is 8.58. The van der Waals surface area contributed by atoms with Crippen molar-refractivity contribution < 1.29 is 5.21 Å². The molecule has 1 aromatic rings. The molecule has 1 saturated heterocycles. The van der Waals surface area contributed by atoms with Crippen molar-refractivity contribution in [3.63, 3.8) is 0 Å². The molecular formula is C12H23N7O. The molecule has 8 heteroatoms. The third-order valence-corrected chi connectivity index (χ3v) is 3.48. The zero-order valence-corrected chi connectivity index (χ0v) is 11.9. The van der Waals surface area contributed by atoms with Gasteiger partial charge in [-0.05, 0) is 6.42 Å². The number of nitrogens with two attached hydrogens (primary N) is 1. The normalized spacial score (nSPS) is 18.6. The number of rotatable bonds is 6. The van der Waals surface area contributed by atoms with E-state index in [0.29, 0.717) is 6.54 Å². The first-order chi connectivity index (χ1) is 9.72. The predicted molar refractivity (Wildman–Crippen MR) is 75.4 cm³/mol. The predicted octanol–water partition coefficient (Wildman–Crippen LogP) is -0.448. The molecule has 0 amide bonds. The summed E-state index contributed by atoms with van der Waals surface area (Å²) in [5, 5.41) is 15.8. The van der Waals surface area contributed by atoms with Crippen LogP contribution in [0.4, 0.5) is 0 Å². The Hall–Kier alpha value is -1.67. The van der Waals surface area contributed by atoms with Gasteiger partial charge in [-0.25, -0.2) is 9.67 Å². The maximum atomic E-state index is 8.58. The van der Waals surface area contributed by atoms with Gasteiger partial charge in [-0.2, -0.15) is 5.10 Å². The number of piperazine rings is 1. The number of aromatic nitrogens is 3. The van der Waals surface area contributed by atoms with E-state index in [1.54, 1.807) is 6.33 Å². The lowest BCUT2D eigenvalue weighted by molar-refractivity contribution is 0.135. The van der Waals surface area contributed by atoms with Gasteiger partial charge in [0.25, 0.3) is 0 Å². The van der Waals surface area contributed by atoms with Crippen molar-refractivity contribution in [2.75, 3.05) is 32.7 Å². The van der Waals surface area contributed by atoms with Gasteiger partial charge >= 0.3 is 0 Å². The van der Waals surface area contributed by atoms with E-state index in [9.17, 15) is 0 Å². The highest BCUT2D eigenvalue weighted by molar-refractivity contribution is 5.81. The van der Waals surface area contributed by atoms with Crippen molar-refractivity contribution in [1.29, 1.82) is 0 Å². The molecule has 1 aliphatic heterocycles. The fraction of sp³-hybridized carbons (Fsp3) is 0.750. The van der Waals surface area contributed by atoms with Crippen LogP contribution in [0.2, 0.25) is 0 Å². The van der Waals surface area contributed by atoms with Crippen LogP contribution in [-0.4, -0.2) is 68.3 Å². The molecule has 0 aromatic carbocycles. The average molecular weight is 281 g/mol. The number of hydrogen-bond acceptors (Lipinski definition) is 6. The van der Waals surface area contributed by atoms with Crippen LogP contribution in [0.3, 0.4) is 0 Å². The lowest BCUT2D eigenvalue weighted by Gasteiger charge is -2.33. The van der Waals surface area contributed by atoms with Gasteiger partial charge in [-0.3, -0.25) is 9.80 Å². The summed E-state index contributed by atoms with van der Waals surface area (Å²) in [6.45, 7) is 8.15. The van der Waals surface area contributed by atoms with Gasteiger partial charge in [-0.15, -0.1) is 0 Å². The van der Waals surface area contributed by atoms with Gasteiger partial charge in [0.15, 0.2) is 5.84 Å². The van der Waals surface area contributed by atoms with E-state index in [1.165, 1.54) is 0 Å². The molecule has 20 heavy (non-hydrogen) atoms. The largest absolute Gasteiger partial charge is 0.409 e. The summed E-state index contributed by atoms with van der Waals surface area (Å²) in [6.07, 6.45) is 2.68. The van der Waals surface area contributed by atoms with Crippen LogP contribution >= 0.6 is 0 Å². The van der Waals surface area contributed by atoms with Gasteiger partial charge in [-0.1, -0.05) is 12.1 Å². The monoisotopic (exact) mass is 281 g/mol. The molecule has 0 radical (unpaired) electrons. The quantitative estimate of drug-likeness (QED) is 0.317. The summed E-state index contributed by atoms with van der Waals surface area (Å²) in [5.74, 6) is 1.29. The molecule has 0 atom stereocenters. The zero-order chi connectivity index (χ0) is 14.4.